The van der Waals surface area contributed by atoms with Crippen molar-refractivity contribution in [3.8, 4) is 0 Å². The molecule has 0 radical (unpaired) electrons. The minimum absolute atomic E-state index is 0.0778. The van der Waals surface area contributed by atoms with Crippen molar-refractivity contribution in [1.29, 1.82) is 0 Å². The van der Waals surface area contributed by atoms with Crippen molar-refractivity contribution in [2.75, 3.05) is 12.3 Å². The van der Waals surface area contributed by atoms with Gasteiger partial charge in [-0.05, 0) is 0 Å². The molecule has 1 amide bonds. The first-order valence-corrected chi connectivity index (χ1v) is 7.87. The molecule has 1 aliphatic rings. The summed E-state index contributed by atoms with van der Waals surface area (Å²) < 4.78 is 21.9. The zero-order valence-electron chi connectivity index (χ0n) is 9.49. The monoisotopic (exact) mass is 289 g/mol. The summed E-state index contributed by atoms with van der Waals surface area (Å²) in [5, 5.41) is 0. The molecule has 6 nitrogen and oxygen atoms in total. The molecule has 0 N–H and O–H groups in total. The van der Waals surface area contributed by atoms with Gasteiger partial charge in [-0.1, -0.05) is 0 Å². The lowest BCUT2D eigenvalue weighted by Gasteiger charge is -2.15. The Bertz CT molecular complexity index is 535. The van der Waals surface area contributed by atoms with Gasteiger partial charge in [-0.15, -0.1) is 0 Å². The van der Waals surface area contributed by atoms with Crippen molar-refractivity contribution in [1.82, 2.24) is 14.9 Å². The average molecular weight is 290 g/mol. The highest BCUT2D eigenvalue weighted by Crippen LogP contribution is 2.22. The van der Waals surface area contributed by atoms with Crippen molar-refractivity contribution in [3.63, 3.8) is 0 Å². The van der Waals surface area contributed by atoms with Gasteiger partial charge >= 0.3 is 0 Å². The molecule has 0 spiro atoms. The lowest BCUT2D eigenvalue weighted by atomic mass is 10.1. The summed E-state index contributed by atoms with van der Waals surface area (Å²) in [6.07, 6.45) is 4.90. The molecule has 8 heteroatoms. The molecule has 0 aromatic carbocycles. The molecule has 1 aliphatic heterocycles. The Morgan fingerprint density at radius 1 is 1.44 bits per heavy atom. The number of halogens is 1. The first-order chi connectivity index (χ1) is 8.44. The lowest BCUT2D eigenvalue weighted by Crippen LogP contribution is -2.25. The molecule has 0 aliphatic carbocycles. The van der Waals surface area contributed by atoms with Gasteiger partial charge in [0, 0.05) is 42.0 Å². The van der Waals surface area contributed by atoms with E-state index in [0.29, 0.717) is 18.8 Å². The van der Waals surface area contributed by atoms with E-state index < -0.39 is 9.05 Å². The molecule has 2 heterocycles. The molecule has 98 valence electrons. The van der Waals surface area contributed by atoms with Crippen LogP contribution in [0.5, 0.6) is 0 Å². The van der Waals surface area contributed by atoms with Gasteiger partial charge in [-0.2, -0.15) is 0 Å². The van der Waals surface area contributed by atoms with Crippen molar-refractivity contribution in [2.45, 2.75) is 13.0 Å². The maximum Gasteiger partial charge on any atom is 0.232 e. The highest BCUT2D eigenvalue weighted by Gasteiger charge is 2.32. The summed E-state index contributed by atoms with van der Waals surface area (Å²) >= 11 is 0. The minimum atomic E-state index is -3.56. The lowest BCUT2D eigenvalue weighted by molar-refractivity contribution is -0.128. The number of nitrogens with zero attached hydrogens (tertiary/aromatic N) is 3. The van der Waals surface area contributed by atoms with Gasteiger partial charge in [-0.25, -0.2) is 8.42 Å². The Balaban J connectivity index is 1.98. The summed E-state index contributed by atoms with van der Waals surface area (Å²) in [5.74, 6) is -0.486. The summed E-state index contributed by atoms with van der Waals surface area (Å²) in [7, 11) is 1.63. The fraction of sp³-hybridized carbons (Fsp3) is 0.500. The van der Waals surface area contributed by atoms with Crippen molar-refractivity contribution >= 4 is 25.6 Å². The molecule has 0 saturated carbocycles. The fourth-order valence-electron chi connectivity index (χ4n) is 2.01. The zero-order chi connectivity index (χ0) is 13.2. The maximum atomic E-state index is 11.7. The van der Waals surface area contributed by atoms with Gasteiger partial charge in [0.15, 0.2) is 0 Å². The van der Waals surface area contributed by atoms with E-state index in [1.807, 2.05) is 0 Å². The van der Waals surface area contributed by atoms with E-state index in [1.54, 1.807) is 23.5 Å². The molecule has 0 bridgehead atoms. The number of aromatic nitrogens is 2. The van der Waals surface area contributed by atoms with Crippen LogP contribution in [0.15, 0.2) is 18.6 Å². The van der Waals surface area contributed by atoms with Crippen molar-refractivity contribution in [2.24, 2.45) is 5.92 Å². The van der Waals surface area contributed by atoms with Gasteiger partial charge in [0.25, 0.3) is 0 Å². The van der Waals surface area contributed by atoms with Gasteiger partial charge in [0.2, 0.25) is 15.0 Å². The van der Waals surface area contributed by atoms with Gasteiger partial charge < -0.3 is 4.90 Å². The molecule has 1 aromatic heterocycles. The van der Waals surface area contributed by atoms with Crippen LogP contribution in [0.4, 0.5) is 0 Å². The van der Waals surface area contributed by atoms with E-state index in [4.69, 9.17) is 10.7 Å². The second kappa shape index (κ2) is 5.19. The number of hydrogen-bond donors (Lipinski definition) is 0. The van der Waals surface area contributed by atoms with E-state index >= 15 is 0 Å². The molecule has 2 rings (SSSR count). The van der Waals surface area contributed by atoms with E-state index in [2.05, 4.69) is 9.97 Å². The van der Waals surface area contributed by atoms with Crippen LogP contribution in [0.1, 0.15) is 12.1 Å². The fourth-order valence-corrected chi connectivity index (χ4v) is 3.33. The van der Waals surface area contributed by atoms with E-state index in [-0.39, 0.29) is 24.0 Å². The smallest absolute Gasteiger partial charge is 0.232 e. The summed E-state index contributed by atoms with van der Waals surface area (Å²) in [5.41, 5.74) is 0.681. The number of amides is 1. The number of rotatable bonds is 4. The Morgan fingerprint density at radius 2 is 2.22 bits per heavy atom. The topological polar surface area (TPSA) is 80.2 Å². The van der Waals surface area contributed by atoms with Crippen LogP contribution in [0.25, 0.3) is 0 Å². The number of carbonyl (C=O) groups is 1. The number of carbonyl (C=O) groups excluding carboxylic acids is 1. The standard InChI is InChI=1S/C10H12ClN3O3S/c11-18(16,17)7-8-3-10(15)14(5-8)6-9-4-12-1-2-13-9/h1-2,4,8H,3,5-7H2. The third-order valence-corrected chi connectivity index (χ3v) is 3.95. The highest BCUT2D eigenvalue weighted by molar-refractivity contribution is 8.13. The molecular weight excluding hydrogens is 278 g/mol. The van der Waals surface area contributed by atoms with Crippen LogP contribution in [0.3, 0.4) is 0 Å². The van der Waals surface area contributed by atoms with Crippen molar-refractivity contribution < 1.29 is 13.2 Å². The van der Waals surface area contributed by atoms with Crippen LogP contribution in [0.2, 0.25) is 0 Å². The van der Waals surface area contributed by atoms with Crippen LogP contribution in [-0.2, 0) is 20.4 Å². The van der Waals surface area contributed by atoms with Crippen molar-refractivity contribution in [3.05, 3.63) is 24.3 Å². The summed E-state index contributed by atoms with van der Waals surface area (Å²) in [6, 6.07) is 0. The Hall–Kier alpha value is -1.21. The molecule has 1 fully saturated rings. The van der Waals surface area contributed by atoms with E-state index in [0.717, 1.165) is 0 Å². The van der Waals surface area contributed by atoms with Gasteiger partial charge in [0.1, 0.15) is 0 Å². The molecular formula is C10H12ClN3O3S. The normalized spacial score (nSPS) is 20.4. The first-order valence-electron chi connectivity index (χ1n) is 5.39. The average Bonchev–Trinajstić information content (AvgIpc) is 2.58. The Labute approximate surface area is 109 Å². The predicted octanol–water partition coefficient (Wildman–Crippen LogP) is 0.394. The minimum Gasteiger partial charge on any atom is -0.336 e. The Morgan fingerprint density at radius 3 is 2.83 bits per heavy atom. The quantitative estimate of drug-likeness (QED) is 0.749. The second-order valence-electron chi connectivity index (χ2n) is 4.25. The third-order valence-electron chi connectivity index (χ3n) is 2.70. The molecule has 1 unspecified atom stereocenters. The van der Waals surface area contributed by atoms with E-state index in [9.17, 15) is 13.2 Å². The SMILES string of the molecule is O=C1CC(CS(=O)(=O)Cl)CN1Cc1cnccn1. The predicted molar refractivity (Wildman–Crippen MR) is 65.2 cm³/mol. The molecule has 1 aromatic rings. The first kappa shape index (κ1) is 13.2. The van der Waals surface area contributed by atoms with Gasteiger partial charge in [-0.3, -0.25) is 14.8 Å². The number of hydrogen-bond acceptors (Lipinski definition) is 5. The maximum absolute atomic E-state index is 11.7. The second-order valence-corrected chi connectivity index (χ2v) is 7.07. The van der Waals surface area contributed by atoms with Crippen LogP contribution >= 0.6 is 10.7 Å². The molecule has 1 saturated heterocycles. The van der Waals surface area contributed by atoms with Crippen LogP contribution < -0.4 is 0 Å². The third kappa shape index (κ3) is 3.64. The van der Waals surface area contributed by atoms with Crippen LogP contribution in [0, 0.1) is 5.92 Å². The van der Waals surface area contributed by atoms with E-state index in [1.165, 1.54) is 0 Å². The summed E-state index contributed by atoms with van der Waals surface area (Å²) in [6.45, 7) is 0.743. The number of likely N-dealkylation sites (tertiary alicyclic amines) is 1. The highest BCUT2D eigenvalue weighted by atomic mass is 35.7. The zero-order valence-corrected chi connectivity index (χ0v) is 11.1. The summed E-state index contributed by atoms with van der Waals surface area (Å²) in [4.78, 5) is 21.3. The molecule has 1 atom stereocenters. The van der Waals surface area contributed by atoms with Gasteiger partial charge in [0.05, 0.1) is 24.2 Å². The Kier molecular flexibility index (Phi) is 3.82. The van der Waals surface area contributed by atoms with Crippen LogP contribution in [-0.4, -0.2) is 41.5 Å². The molecule has 18 heavy (non-hydrogen) atoms. The largest absolute Gasteiger partial charge is 0.336 e.